The molecular weight excluding hydrogens is 292 g/mol. The fourth-order valence-corrected chi connectivity index (χ4v) is 3.30. The summed E-state index contributed by atoms with van der Waals surface area (Å²) in [5.41, 5.74) is 6.41. The highest BCUT2D eigenvalue weighted by Crippen LogP contribution is 2.21. The molecule has 0 amide bonds. The van der Waals surface area contributed by atoms with Gasteiger partial charge in [-0.15, -0.1) is 0 Å². The Morgan fingerprint density at radius 2 is 1.12 bits per heavy atom. The predicted octanol–water partition coefficient (Wildman–Crippen LogP) is 5.93. The highest BCUT2D eigenvalue weighted by Gasteiger charge is 2.15. The number of aryl methyl sites for hydroxylation is 2. The van der Waals surface area contributed by atoms with E-state index in [4.69, 9.17) is 0 Å². The number of carbonyl (C=O) groups is 1. The van der Waals surface area contributed by atoms with E-state index in [-0.39, 0.29) is 5.78 Å². The lowest BCUT2D eigenvalue weighted by molar-refractivity contribution is 0.103. The number of carbonyl (C=O) groups excluding carboxylic acids is 1. The maximum absolute atomic E-state index is 13.0. The first-order valence-electron chi connectivity index (χ1n) is 9.01. The van der Waals surface area contributed by atoms with Gasteiger partial charge in [0.25, 0.3) is 0 Å². The molecule has 1 nitrogen and oxygen atoms in total. The van der Waals surface area contributed by atoms with Crippen molar-refractivity contribution >= 4 is 5.78 Å². The lowest BCUT2D eigenvalue weighted by Crippen LogP contribution is -2.07. The van der Waals surface area contributed by atoms with Crippen LogP contribution < -0.4 is 0 Å². The van der Waals surface area contributed by atoms with Crippen molar-refractivity contribution in [3.63, 3.8) is 0 Å². The quantitative estimate of drug-likeness (QED) is 0.602. The monoisotopic (exact) mass is 322 g/mol. The third kappa shape index (κ3) is 4.56. The van der Waals surface area contributed by atoms with Crippen LogP contribution in [0.3, 0.4) is 0 Å². The minimum atomic E-state index is 0.136. The molecule has 0 fully saturated rings. The van der Waals surface area contributed by atoms with Gasteiger partial charge in [0.2, 0.25) is 0 Å². The van der Waals surface area contributed by atoms with Gasteiger partial charge in [-0.05, 0) is 60.8 Å². The van der Waals surface area contributed by atoms with Gasteiger partial charge in [0.05, 0.1) is 0 Å². The van der Waals surface area contributed by atoms with Crippen molar-refractivity contribution in [1.82, 2.24) is 0 Å². The van der Waals surface area contributed by atoms with Crippen molar-refractivity contribution in [1.29, 1.82) is 0 Å². The zero-order valence-corrected chi connectivity index (χ0v) is 15.9. The molecule has 0 aliphatic rings. The minimum absolute atomic E-state index is 0.136. The van der Waals surface area contributed by atoms with Crippen LogP contribution in [0.15, 0.2) is 36.4 Å². The van der Waals surface area contributed by atoms with Gasteiger partial charge in [0, 0.05) is 11.1 Å². The largest absolute Gasteiger partial charge is 0.289 e. The molecule has 0 unspecified atom stereocenters. The maximum Gasteiger partial charge on any atom is 0.193 e. The van der Waals surface area contributed by atoms with Crippen molar-refractivity contribution in [2.45, 2.75) is 54.4 Å². The molecule has 0 saturated carbocycles. The van der Waals surface area contributed by atoms with Gasteiger partial charge < -0.3 is 0 Å². The summed E-state index contributed by atoms with van der Waals surface area (Å²) in [4.78, 5) is 13.0. The first kappa shape index (κ1) is 18.4. The SMILES string of the molecule is Cc1cc(CC(C)C)ccc1C(=O)c1ccc(CC(C)C)cc1C. The van der Waals surface area contributed by atoms with E-state index < -0.39 is 0 Å². The van der Waals surface area contributed by atoms with Crippen LogP contribution in [0.2, 0.25) is 0 Å². The van der Waals surface area contributed by atoms with Crippen LogP contribution in [-0.2, 0) is 12.8 Å². The first-order valence-corrected chi connectivity index (χ1v) is 9.01. The first-order chi connectivity index (χ1) is 11.3. The Balaban J connectivity index is 2.28. The molecular formula is C23H30O. The second kappa shape index (κ2) is 7.79. The average Bonchev–Trinajstić information content (AvgIpc) is 2.45. The number of hydrogen-bond donors (Lipinski definition) is 0. The van der Waals surface area contributed by atoms with E-state index in [1.165, 1.54) is 11.1 Å². The average molecular weight is 322 g/mol. The van der Waals surface area contributed by atoms with Gasteiger partial charge >= 0.3 is 0 Å². The minimum Gasteiger partial charge on any atom is -0.289 e. The Morgan fingerprint density at radius 1 is 0.750 bits per heavy atom. The molecule has 0 saturated heterocycles. The lowest BCUT2D eigenvalue weighted by Gasteiger charge is -2.12. The Labute approximate surface area is 147 Å². The number of ketones is 1. The Kier molecular flexibility index (Phi) is 5.99. The molecule has 24 heavy (non-hydrogen) atoms. The summed E-state index contributed by atoms with van der Waals surface area (Å²) in [5, 5.41) is 0. The van der Waals surface area contributed by atoms with E-state index in [2.05, 4.69) is 52.0 Å². The van der Waals surface area contributed by atoms with Gasteiger partial charge in [-0.2, -0.15) is 0 Å². The number of rotatable bonds is 6. The van der Waals surface area contributed by atoms with Crippen molar-refractivity contribution in [2.24, 2.45) is 11.8 Å². The molecule has 1 heteroatoms. The van der Waals surface area contributed by atoms with Gasteiger partial charge in [-0.3, -0.25) is 4.79 Å². The molecule has 0 heterocycles. The van der Waals surface area contributed by atoms with Crippen LogP contribution in [0, 0.1) is 25.7 Å². The molecule has 2 aromatic carbocycles. The second-order valence-corrected chi connectivity index (χ2v) is 7.82. The van der Waals surface area contributed by atoms with Gasteiger partial charge in [0.1, 0.15) is 0 Å². The molecule has 0 aromatic heterocycles. The molecule has 128 valence electrons. The third-order valence-electron chi connectivity index (χ3n) is 4.36. The van der Waals surface area contributed by atoms with Gasteiger partial charge in [-0.1, -0.05) is 64.1 Å². The molecule has 2 rings (SSSR count). The topological polar surface area (TPSA) is 17.1 Å². The molecule has 0 spiro atoms. The summed E-state index contributed by atoms with van der Waals surface area (Å²) >= 11 is 0. The summed E-state index contributed by atoms with van der Waals surface area (Å²) in [6.07, 6.45) is 2.11. The second-order valence-electron chi connectivity index (χ2n) is 7.82. The van der Waals surface area contributed by atoms with Gasteiger partial charge in [0.15, 0.2) is 5.78 Å². The van der Waals surface area contributed by atoms with Crippen LogP contribution in [0.5, 0.6) is 0 Å². The maximum atomic E-state index is 13.0. The molecule has 2 aromatic rings. The van der Waals surface area contributed by atoms with E-state index in [0.717, 1.165) is 35.1 Å². The van der Waals surface area contributed by atoms with E-state index in [1.54, 1.807) is 0 Å². The Hall–Kier alpha value is -1.89. The normalized spacial score (nSPS) is 11.3. The van der Waals surface area contributed by atoms with Crippen molar-refractivity contribution in [2.75, 3.05) is 0 Å². The molecule has 0 bridgehead atoms. The fraction of sp³-hybridized carbons (Fsp3) is 0.435. The summed E-state index contributed by atoms with van der Waals surface area (Å²) in [6.45, 7) is 13.0. The smallest absolute Gasteiger partial charge is 0.193 e. The fourth-order valence-electron chi connectivity index (χ4n) is 3.30. The zero-order chi connectivity index (χ0) is 17.9. The van der Waals surface area contributed by atoms with Crippen LogP contribution in [0.25, 0.3) is 0 Å². The highest BCUT2D eigenvalue weighted by molar-refractivity contribution is 6.10. The van der Waals surface area contributed by atoms with E-state index in [0.29, 0.717) is 11.8 Å². The van der Waals surface area contributed by atoms with E-state index in [1.807, 2.05) is 26.0 Å². The molecule has 0 aliphatic heterocycles. The van der Waals surface area contributed by atoms with E-state index in [9.17, 15) is 4.79 Å². The van der Waals surface area contributed by atoms with Crippen LogP contribution in [0.1, 0.15) is 65.9 Å². The standard InChI is InChI=1S/C23H30O/c1-15(2)11-19-7-9-21(17(5)13-19)23(24)22-10-8-20(12-16(3)4)14-18(22)6/h7-10,13-16H,11-12H2,1-6H3. The number of benzene rings is 2. The summed E-state index contributed by atoms with van der Waals surface area (Å²) in [7, 11) is 0. The number of hydrogen-bond acceptors (Lipinski definition) is 1. The summed E-state index contributed by atoms with van der Waals surface area (Å²) in [6, 6.07) is 12.5. The molecule has 0 radical (unpaired) electrons. The molecule has 0 N–H and O–H groups in total. The zero-order valence-electron chi connectivity index (χ0n) is 15.9. The Bertz CT molecular complexity index is 661. The van der Waals surface area contributed by atoms with Crippen LogP contribution >= 0.6 is 0 Å². The van der Waals surface area contributed by atoms with Gasteiger partial charge in [-0.25, -0.2) is 0 Å². The van der Waals surface area contributed by atoms with Crippen molar-refractivity contribution in [3.8, 4) is 0 Å². The predicted molar refractivity (Wildman–Crippen MR) is 103 cm³/mol. The summed E-state index contributed by atoms with van der Waals surface area (Å²) < 4.78 is 0. The molecule has 0 aliphatic carbocycles. The van der Waals surface area contributed by atoms with Crippen molar-refractivity contribution in [3.05, 3.63) is 69.8 Å². The summed E-state index contributed by atoms with van der Waals surface area (Å²) in [5.74, 6) is 1.39. The highest BCUT2D eigenvalue weighted by atomic mass is 16.1. The van der Waals surface area contributed by atoms with Crippen LogP contribution in [-0.4, -0.2) is 5.78 Å². The third-order valence-corrected chi connectivity index (χ3v) is 4.36. The lowest BCUT2D eigenvalue weighted by atomic mass is 9.91. The molecule has 0 atom stereocenters. The van der Waals surface area contributed by atoms with Crippen LogP contribution in [0.4, 0.5) is 0 Å². The van der Waals surface area contributed by atoms with E-state index >= 15 is 0 Å². The Morgan fingerprint density at radius 3 is 1.42 bits per heavy atom. The van der Waals surface area contributed by atoms with Crippen molar-refractivity contribution < 1.29 is 4.79 Å².